The van der Waals surface area contributed by atoms with Crippen molar-refractivity contribution in [3.63, 3.8) is 0 Å². The van der Waals surface area contributed by atoms with Gasteiger partial charge in [0.05, 0.1) is 12.2 Å². The van der Waals surface area contributed by atoms with Gasteiger partial charge in [0.25, 0.3) is 0 Å². The predicted octanol–water partition coefficient (Wildman–Crippen LogP) is 0.666. The average molecular weight is 291 g/mol. The number of carbonyl (C=O) groups excluding carboxylic acids is 1. The Bertz CT molecular complexity index is 558. The summed E-state index contributed by atoms with van der Waals surface area (Å²) in [6.45, 7) is 0.549. The van der Waals surface area contributed by atoms with Gasteiger partial charge in [-0.05, 0) is 18.2 Å². The fraction of sp³-hybridized carbons (Fsp3) is 0.364. The number of benzene rings is 1. The summed E-state index contributed by atoms with van der Waals surface area (Å²) < 4.78 is 45.1. The number of nitrogens with two attached hydrogens (primary N) is 1. The fourth-order valence-corrected chi connectivity index (χ4v) is 1.93. The molecule has 0 bridgehead atoms. The Kier molecular flexibility index (Phi) is 5.40. The highest BCUT2D eigenvalue weighted by Gasteiger charge is 2.18. The van der Waals surface area contributed by atoms with Crippen LogP contribution in [0, 0.1) is 5.82 Å². The second-order valence-electron chi connectivity index (χ2n) is 3.67. The van der Waals surface area contributed by atoms with Gasteiger partial charge in [-0.25, -0.2) is 22.7 Å². The standard InChI is InChI=1S/C11H14FNO5S/c1-17-5-2-6-18-11(14)8-3-4-9(12)10(7-8)19(13,15)16/h3-4,7H,2,5-6H2,1H3,(H2,13,15,16). The van der Waals surface area contributed by atoms with E-state index in [1.54, 1.807) is 0 Å². The minimum absolute atomic E-state index is 0.0807. The Balaban J connectivity index is 2.82. The van der Waals surface area contributed by atoms with E-state index < -0.39 is 26.7 Å². The Hall–Kier alpha value is -1.51. The minimum atomic E-state index is -4.22. The lowest BCUT2D eigenvalue weighted by molar-refractivity contribution is 0.0468. The molecule has 0 aliphatic carbocycles. The lowest BCUT2D eigenvalue weighted by atomic mass is 10.2. The second kappa shape index (κ2) is 6.60. The lowest BCUT2D eigenvalue weighted by Crippen LogP contribution is -2.16. The van der Waals surface area contributed by atoms with E-state index in [1.165, 1.54) is 7.11 Å². The third-order valence-electron chi connectivity index (χ3n) is 2.20. The number of esters is 1. The molecule has 0 aliphatic rings. The van der Waals surface area contributed by atoms with E-state index in [2.05, 4.69) is 0 Å². The van der Waals surface area contributed by atoms with Gasteiger partial charge in [-0.3, -0.25) is 0 Å². The maximum Gasteiger partial charge on any atom is 0.338 e. The molecule has 106 valence electrons. The van der Waals surface area contributed by atoms with E-state index in [1.807, 2.05) is 0 Å². The van der Waals surface area contributed by atoms with Crippen LogP contribution in [0.2, 0.25) is 0 Å². The van der Waals surface area contributed by atoms with E-state index in [-0.39, 0.29) is 12.2 Å². The number of rotatable bonds is 6. The topological polar surface area (TPSA) is 95.7 Å². The summed E-state index contributed by atoms with van der Waals surface area (Å²) >= 11 is 0. The molecule has 1 rings (SSSR count). The zero-order valence-electron chi connectivity index (χ0n) is 10.3. The van der Waals surface area contributed by atoms with Crippen LogP contribution in [-0.4, -0.2) is 34.7 Å². The molecule has 0 saturated carbocycles. The van der Waals surface area contributed by atoms with Crippen molar-refractivity contribution >= 4 is 16.0 Å². The predicted molar refractivity (Wildman–Crippen MR) is 64.5 cm³/mol. The van der Waals surface area contributed by atoms with Gasteiger partial charge in [0.2, 0.25) is 10.0 Å². The summed E-state index contributed by atoms with van der Waals surface area (Å²) in [5.74, 6) is -1.76. The number of primary sulfonamides is 1. The van der Waals surface area contributed by atoms with Crippen LogP contribution in [-0.2, 0) is 19.5 Å². The molecule has 1 aromatic rings. The van der Waals surface area contributed by atoms with Gasteiger partial charge in [-0.1, -0.05) is 0 Å². The Morgan fingerprint density at radius 1 is 1.37 bits per heavy atom. The van der Waals surface area contributed by atoms with Crippen LogP contribution in [0.3, 0.4) is 0 Å². The van der Waals surface area contributed by atoms with Crippen molar-refractivity contribution in [2.75, 3.05) is 20.3 Å². The highest BCUT2D eigenvalue weighted by atomic mass is 32.2. The molecule has 0 saturated heterocycles. The first-order valence-corrected chi connectivity index (χ1v) is 6.89. The van der Waals surface area contributed by atoms with E-state index in [0.717, 1.165) is 18.2 Å². The number of methoxy groups -OCH3 is 1. The van der Waals surface area contributed by atoms with Crippen molar-refractivity contribution in [3.05, 3.63) is 29.6 Å². The van der Waals surface area contributed by atoms with E-state index in [0.29, 0.717) is 13.0 Å². The monoisotopic (exact) mass is 291 g/mol. The SMILES string of the molecule is COCCCOC(=O)c1ccc(F)c(S(N)(=O)=O)c1. The molecule has 0 amide bonds. The molecule has 0 spiro atoms. The van der Waals surface area contributed by atoms with Gasteiger partial charge in [0.15, 0.2) is 0 Å². The number of carbonyl (C=O) groups is 1. The van der Waals surface area contributed by atoms with Crippen molar-refractivity contribution in [1.29, 1.82) is 0 Å². The minimum Gasteiger partial charge on any atom is -0.462 e. The largest absolute Gasteiger partial charge is 0.462 e. The molecule has 0 atom stereocenters. The number of hydrogen-bond acceptors (Lipinski definition) is 5. The maximum absolute atomic E-state index is 13.3. The molecular formula is C11H14FNO5S. The summed E-state index contributed by atoms with van der Waals surface area (Å²) in [5, 5.41) is 4.83. The first kappa shape index (κ1) is 15.5. The number of halogens is 1. The summed E-state index contributed by atoms with van der Waals surface area (Å²) in [6, 6.07) is 2.83. The maximum atomic E-state index is 13.3. The third-order valence-corrected chi connectivity index (χ3v) is 3.13. The van der Waals surface area contributed by atoms with Crippen LogP contribution in [0.15, 0.2) is 23.1 Å². The highest BCUT2D eigenvalue weighted by molar-refractivity contribution is 7.89. The quantitative estimate of drug-likeness (QED) is 0.614. The molecule has 0 fully saturated rings. The van der Waals surface area contributed by atoms with Crippen molar-refractivity contribution in [1.82, 2.24) is 0 Å². The molecule has 1 aromatic carbocycles. The Morgan fingerprint density at radius 2 is 2.05 bits per heavy atom. The fourth-order valence-electron chi connectivity index (χ4n) is 1.30. The molecule has 0 unspecified atom stereocenters. The van der Waals surface area contributed by atoms with Crippen LogP contribution in [0.4, 0.5) is 4.39 Å². The van der Waals surface area contributed by atoms with Crippen molar-refractivity contribution in [2.24, 2.45) is 5.14 Å². The Morgan fingerprint density at radius 3 is 2.63 bits per heavy atom. The van der Waals surface area contributed by atoms with Gasteiger partial charge in [-0.2, -0.15) is 0 Å². The molecule has 0 radical (unpaired) electrons. The number of sulfonamides is 1. The molecule has 2 N–H and O–H groups in total. The molecule has 19 heavy (non-hydrogen) atoms. The molecule has 0 aromatic heterocycles. The molecule has 0 heterocycles. The zero-order chi connectivity index (χ0) is 14.5. The summed E-state index contributed by atoms with van der Waals surface area (Å²) in [6.07, 6.45) is 0.505. The lowest BCUT2D eigenvalue weighted by Gasteiger charge is -2.06. The van der Waals surface area contributed by atoms with Crippen molar-refractivity contribution in [2.45, 2.75) is 11.3 Å². The van der Waals surface area contributed by atoms with Crippen LogP contribution in [0.25, 0.3) is 0 Å². The first-order chi connectivity index (χ1) is 8.86. The van der Waals surface area contributed by atoms with Gasteiger partial charge >= 0.3 is 5.97 Å². The number of ether oxygens (including phenoxy) is 2. The average Bonchev–Trinajstić information content (AvgIpc) is 2.33. The highest BCUT2D eigenvalue weighted by Crippen LogP contribution is 2.15. The molecular weight excluding hydrogens is 277 g/mol. The van der Waals surface area contributed by atoms with Crippen molar-refractivity contribution in [3.8, 4) is 0 Å². The van der Waals surface area contributed by atoms with Gasteiger partial charge in [0.1, 0.15) is 10.7 Å². The van der Waals surface area contributed by atoms with Crippen molar-refractivity contribution < 1.29 is 27.1 Å². The molecule has 8 heteroatoms. The molecule has 0 aliphatic heterocycles. The summed E-state index contributed by atoms with van der Waals surface area (Å²) in [7, 11) is -2.71. The second-order valence-corrected chi connectivity index (χ2v) is 5.20. The zero-order valence-corrected chi connectivity index (χ0v) is 11.1. The van der Waals surface area contributed by atoms with E-state index in [4.69, 9.17) is 14.6 Å². The molecule has 6 nitrogen and oxygen atoms in total. The normalized spacial score (nSPS) is 11.3. The van der Waals surface area contributed by atoms with Crippen LogP contribution < -0.4 is 5.14 Å². The van der Waals surface area contributed by atoms with Gasteiger partial charge in [-0.15, -0.1) is 0 Å². The van der Waals surface area contributed by atoms with E-state index in [9.17, 15) is 17.6 Å². The van der Waals surface area contributed by atoms with Gasteiger partial charge < -0.3 is 9.47 Å². The Labute approximate surface area is 110 Å². The van der Waals surface area contributed by atoms with Crippen LogP contribution in [0.5, 0.6) is 0 Å². The summed E-state index contributed by atoms with van der Waals surface area (Å²) in [4.78, 5) is 10.8. The summed E-state index contributed by atoms with van der Waals surface area (Å²) in [5.41, 5.74) is -0.0807. The van der Waals surface area contributed by atoms with Crippen LogP contribution >= 0.6 is 0 Å². The first-order valence-electron chi connectivity index (χ1n) is 5.34. The third kappa shape index (κ3) is 4.58. The van der Waals surface area contributed by atoms with Crippen LogP contribution in [0.1, 0.15) is 16.8 Å². The smallest absolute Gasteiger partial charge is 0.338 e. The van der Waals surface area contributed by atoms with Gasteiger partial charge in [0, 0.05) is 20.1 Å². The van der Waals surface area contributed by atoms with E-state index >= 15 is 0 Å². The number of hydrogen-bond donors (Lipinski definition) is 1.